The maximum absolute atomic E-state index is 14.2. The van der Waals surface area contributed by atoms with Gasteiger partial charge in [0.25, 0.3) is 0 Å². The van der Waals surface area contributed by atoms with E-state index in [1.54, 1.807) is 6.92 Å². The predicted octanol–water partition coefficient (Wildman–Crippen LogP) is 3.91. The highest BCUT2D eigenvalue weighted by molar-refractivity contribution is 7.92. The van der Waals surface area contributed by atoms with Gasteiger partial charge < -0.3 is 10.1 Å². The molecule has 0 saturated carbocycles. The van der Waals surface area contributed by atoms with E-state index in [4.69, 9.17) is 0 Å². The number of sulfonamides is 1. The Bertz CT molecular complexity index is 963. The van der Waals surface area contributed by atoms with Crippen LogP contribution in [0, 0.1) is 5.82 Å². The number of anilines is 2. The molecule has 0 unspecified atom stereocenters. The average molecular weight is 434 g/mol. The Hall–Kier alpha value is -2.82. The van der Waals surface area contributed by atoms with Crippen molar-refractivity contribution in [3.05, 3.63) is 54.3 Å². The fraction of sp³-hybridized carbons (Fsp3) is 0.278. The van der Waals surface area contributed by atoms with Gasteiger partial charge in [0.05, 0.1) is 11.9 Å². The molecule has 1 N–H and O–H groups in total. The molecule has 0 aliphatic rings. The van der Waals surface area contributed by atoms with Gasteiger partial charge in [0.15, 0.2) is 0 Å². The zero-order chi connectivity index (χ0) is 21.8. The second-order valence-electron chi connectivity index (χ2n) is 6.00. The average Bonchev–Trinajstić information content (AvgIpc) is 2.60. The van der Waals surface area contributed by atoms with E-state index in [-0.39, 0.29) is 17.8 Å². The van der Waals surface area contributed by atoms with Crippen LogP contribution in [0.25, 0.3) is 0 Å². The van der Waals surface area contributed by atoms with Gasteiger partial charge in [-0.15, -0.1) is 13.2 Å². The first-order valence-electron chi connectivity index (χ1n) is 8.33. The first-order valence-corrected chi connectivity index (χ1v) is 10.2. The molecule has 2 aromatic rings. The summed E-state index contributed by atoms with van der Waals surface area (Å²) in [6.07, 6.45) is -3.99. The van der Waals surface area contributed by atoms with Crippen LogP contribution in [0.15, 0.2) is 48.5 Å². The lowest BCUT2D eigenvalue weighted by Crippen LogP contribution is -2.47. The molecule has 0 aromatic heterocycles. The maximum atomic E-state index is 14.2. The number of carbonyl (C=O) groups excluding carboxylic acids is 1. The number of benzene rings is 2. The number of amides is 1. The first kappa shape index (κ1) is 22.5. The van der Waals surface area contributed by atoms with E-state index in [1.807, 2.05) is 0 Å². The molecule has 2 aromatic carbocycles. The van der Waals surface area contributed by atoms with Crippen molar-refractivity contribution in [3.8, 4) is 5.75 Å². The van der Waals surface area contributed by atoms with Crippen LogP contribution in [-0.2, 0) is 14.8 Å². The summed E-state index contributed by atoms with van der Waals surface area (Å²) in [6, 6.07) is 8.15. The van der Waals surface area contributed by atoms with Crippen molar-refractivity contribution in [2.45, 2.75) is 25.7 Å². The zero-order valence-electron chi connectivity index (χ0n) is 15.4. The van der Waals surface area contributed by atoms with E-state index in [0.717, 1.165) is 24.5 Å². The minimum atomic E-state index is -4.85. The van der Waals surface area contributed by atoms with E-state index >= 15 is 0 Å². The molecule has 29 heavy (non-hydrogen) atoms. The standard InChI is InChI=1S/C18H18F4N2O4S/c1-3-15(24(29(2,26)27)16-7-5-4-6-14(16)19)17(25)23-12-8-10-13(11-9-12)28-18(20,21)22/h4-11,15H,3H2,1-2H3,(H,23,25)/t15-/m1/s1. The van der Waals surface area contributed by atoms with Crippen molar-refractivity contribution >= 4 is 27.3 Å². The third kappa shape index (κ3) is 6.08. The van der Waals surface area contributed by atoms with Crippen LogP contribution >= 0.6 is 0 Å². The molecule has 6 nitrogen and oxygen atoms in total. The molecular formula is C18H18F4N2O4S. The quantitative estimate of drug-likeness (QED) is 0.671. The second-order valence-corrected chi connectivity index (χ2v) is 7.86. The molecule has 0 aliphatic heterocycles. The molecule has 1 atom stereocenters. The fourth-order valence-electron chi connectivity index (χ4n) is 2.63. The number of ether oxygens (including phenoxy) is 1. The molecule has 1 amide bonds. The van der Waals surface area contributed by atoms with Crippen molar-refractivity contribution in [2.24, 2.45) is 0 Å². The van der Waals surface area contributed by atoms with E-state index in [2.05, 4.69) is 10.1 Å². The van der Waals surface area contributed by atoms with Crippen LogP contribution in [0.1, 0.15) is 13.3 Å². The third-order valence-electron chi connectivity index (χ3n) is 3.78. The monoisotopic (exact) mass is 434 g/mol. The Balaban J connectivity index is 2.27. The number of alkyl halides is 3. The Kier molecular flexibility index (Phi) is 6.73. The topological polar surface area (TPSA) is 75.7 Å². The summed E-state index contributed by atoms with van der Waals surface area (Å²) in [4.78, 5) is 12.7. The van der Waals surface area contributed by atoms with Crippen molar-refractivity contribution in [1.29, 1.82) is 0 Å². The lowest BCUT2D eigenvalue weighted by atomic mass is 10.1. The lowest BCUT2D eigenvalue weighted by Gasteiger charge is -2.30. The molecule has 0 spiro atoms. The number of carbonyl (C=O) groups is 1. The first-order chi connectivity index (χ1) is 13.4. The van der Waals surface area contributed by atoms with Crippen LogP contribution in [0.2, 0.25) is 0 Å². The van der Waals surface area contributed by atoms with Gasteiger partial charge in [-0.3, -0.25) is 9.10 Å². The van der Waals surface area contributed by atoms with Crippen LogP contribution in [0.3, 0.4) is 0 Å². The highest BCUT2D eigenvalue weighted by atomic mass is 32.2. The molecular weight excluding hydrogens is 416 g/mol. The number of nitrogens with one attached hydrogen (secondary N) is 1. The summed E-state index contributed by atoms with van der Waals surface area (Å²) < 4.78 is 79.8. The SMILES string of the molecule is CC[C@H](C(=O)Nc1ccc(OC(F)(F)F)cc1)N(c1ccccc1F)S(C)(=O)=O. The molecule has 11 heteroatoms. The number of halogens is 4. The Morgan fingerprint density at radius 1 is 1.14 bits per heavy atom. The number of nitrogens with zero attached hydrogens (tertiary/aromatic N) is 1. The summed E-state index contributed by atoms with van der Waals surface area (Å²) in [6.45, 7) is 1.55. The fourth-order valence-corrected chi connectivity index (χ4v) is 3.84. The maximum Gasteiger partial charge on any atom is 0.573 e. The van der Waals surface area contributed by atoms with Gasteiger partial charge in [0, 0.05) is 5.69 Å². The van der Waals surface area contributed by atoms with Crippen molar-refractivity contribution < 1.29 is 35.5 Å². The van der Waals surface area contributed by atoms with Gasteiger partial charge in [-0.25, -0.2) is 12.8 Å². The molecule has 2 rings (SSSR count). The van der Waals surface area contributed by atoms with Gasteiger partial charge in [-0.2, -0.15) is 0 Å². The number of hydrogen-bond donors (Lipinski definition) is 1. The van der Waals surface area contributed by atoms with E-state index in [9.17, 15) is 30.8 Å². The van der Waals surface area contributed by atoms with Crippen molar-refractivity contribution in [3.63, 3.8) is 0 Å². The lowest BCUT2D eigenvalue weighted by molar-refractivity contribution is -0.274. The number of rotatable bonds is 7. The van der Waals surface area contributed by atoms with E-state index < -0.39 is 39.9 Å². The van der Waals surface area contributed by atoms with Crippen LogP contribution in [0.4, 0.5) is 28.9 Å². The minimum absolute atomic E-state index is 0.0164. The van der Waals surface area contributed by atoms with Gasteiger partial charge in [0.2, 0.25) is 15.9 Å². The van der Waals surface area contributed by atoms with Crippen LogP contribution in [0.5, 0.6) is 5.75 Å². The molecule has 0 radical (unpaired) electrons. The van der Waals surface area contributed by atoms with Crippen molar-refractivity contribution in [2.75, 3.05) is 15.9 Å². The summed E-state index contributed by atoms with van der Waals surface area (Å²) in [5.74, 6) is -2.07. The summed E-state index contributed by atoms with van der Waals surface area (Å²) in [5.41, 5.74) is -0.170. The molecule has 0 saturated heterocycles. The molecule has 0 fully saturated rings. The van der Waals surface area contributed by atoms with Crippen LogP contribution in [-0.4, -0.2) is 33.0 Å². The van der Waals surface area contributed by atoms with Gasteiger partial charge in [0.1, 0.15) is 17.6 Å². The van der Waals surface area contributed by atoms with E-state index in [0.29, 0.717) is 4.31 Å². The normalized spacial score (nSPS) is 12.9. The smallest absolute Gasteiger partial charge is 0.406 e. The Labute approximate surface area is 165 Å². The molecule has 0 aliphatic carbocycles. The highest BCUT2D eigenvalue weighted by Gasteiger charge is 2.33. The van der Waals surface area contributed by atoms with Crippen molar-refractivity contribution in [1.82, 2.24) is 0 Å². The third-order valence-corrected chi connectivity index (χ3v) is 4.94. The predicted molar refractivity (Wildman–Crippen MR) is 99.6 cm³/mol. The summed E-state index contributed by atoms with van der Waals surface area (Å²) in [5, 5.41) is 2.42. The van der Waals surface area contributed by atoms with Gasteiger partial charge >= 0.3 is 6.36 Å². The summed E-state index contributed by atoms with van der Waals surface area (Å²) in [7, 11) is -4.03. The molecule has 0 bridgehead atoms. The van der Waals surface area contributed by atoms with Gasteiger partial charge in [-0.05, 0) is 42.8 Å². The summed E-state index contributed by atoms with van der Waals surface area (Å²) >= 11 is 0. The number of hydrogen-bond acceptors (Lipinski definition) is 4. The Morgan fingerprint density at radius 3 is 2.21 bits per heavy atom. The van der Waals surface area contributed by atoms with Gasteiger partial charge in [-0.1, -0.05) is 19.1 Å². The molecule has 158 valence electrons. The number of para-hydroxylation sites is 1. The highest BCUT2D eigenvalue weighted by Crippen LogP contribution is 2.27. The second kappa shape index (κ2) is 8.68. The Morgan fingerprint density at radius 2 is 1.72 bits per heavy atom. The zero-order valence-corrected chi connectivity index (χ0v) is 16.2. The molecule has 0 heterocycles. The van der Waals surface area contributed by atoms with Crippen LogP contribution < -0.4 is 14.4 Å². The minimum Gasteiger partial charge on any atom is -0.406 e. The largest absolute Gasteiger partial charge is 0.573 e. The van der Waals surface area contributed by atoms with E-state index in [1.165, 1.54) is 30.3 Å².